The van der Waals surface area contributed by atoms with Crippen molar-refractivity contribution in [1.29, 1.82) is 0 Å². The monoisotopic (exact) mass is 353 g/mol. The van der Waals surface area contributed by atoms with Gasteiger partial charge in [-0.25, -0.2) is 15.4 Å². The van der Waals surface area contributed by atoms with Crippen LogP contribution in [0.1, 0.15) is 19.4 Å². The smallest absolute Gasteiger partial charge is 0.253 e. The van der Waals surface area contributed by atoms with Gasteiger partial charge in [-0.3, -0.25) is 10.0 Å². The summed E-state index contributed by atoms with van der Waals surface area (Å²) in [5, 5.41) is 12.9. The second-order valence-corrected chi connectivity index (χ2v) is 6.21. The normalized spacial score (nSPS) is 11.2. The second kappa shape index (κ2) is 6.93. The summed E-state index contributed by atoms with van der Waals surface area (Å²) in [5.41, 5.74) is 2.83. The van der Waals surface area contributed by atoms with Gasteiger partial charge in [0.1, 0.15) is 5.82 Å². The molecule has 3 rings (SSSR count). The molecule has 3 aromatic heterocycles. The zero-order valence-corrected chi connectivity index (χ0v) is 14.6. The number of hydroxylamine groups is 1. The highest BCUT2D eigenvalue weighted by atomic mass is 16.5. The largest absolute Gasteiger partial charge is 0.481 e. The van der Waals surface area contributed by atoms with Crippen LogP contribution in [0.5, 0.6) is 5.88 Å². The Hall–Kier alpha value is -3.26. The maximum Gasteiger partial charge on any atom is 0.253 e. The van der Waals surface area contributed by atoms with Crippen LogP contribution in [0.15, 0.2) is 42.7 Å². The fraction of sp³-hybridized carbons (Fsp3) is 0.222. The molecule has 0 spiro atoms. The van der Waals surface area contributed by atoms with Crippen LogP contribution in [0.4, 0.5) is 11.5 Å². The van der Waals surface area contributed by atoms with Crippen molar-refractivity contribution in [2.24, 2.45) is 0 Å². The second-order valence-electron chi connectivity index (χ2n) is 6.21. The lowest BCUT2D eigenvalue weighted by Gasteiger charge is -2.22. The minimum absolute atomic E-state index is 0.494. The van der Waals surface area contributed by atoms with Gasteiger partial charge in [-0.15, -0.1) is 0 Å². The van der Waals surface area contributed by atoms with Crippen molar-refractivity contribution in [3.63, 3.8) is 0 Å². The average Bonchev–Trinajstić information content (AvgIpc) is 2.67. The molecular formula is C18H19N5O3. The van der Waals surface area contributed by atoms with Crippen LogP contribution in [0, 0.1) is 0 Å². The fourth-order valence-electron chi connectivity index (χ4n) is 2.48. The van der Waals surface area contributed by atoms with Gasteiger partial charge in [0, 0.05) is 23.8 Å². The van der Waals surface area contributed by atoms with Crippen LogP contribution >= 0.6 is 0 Å². The molecule has 0 saturated carbocycles. The quantitative estimate of drug-likeness (QED) is 0.478. The molecule has 0 aliphatic rings. The summed E-state index contributed by atoms with van der Waals surface area (Å²) >= 11 is 0. The van der Waals surface area contributed by atoms with E-state index in [-0.39, 0.29) is 0 Å². The lowest BCUT2D eigenvalue weighted by atomic mass is 9.85. The number of fused-ring (bicyclic) bond motifs is 1. The highest BCUT2D eigenvalue weighted by Crippen LogP contribution is 2.27. The summed E-state index contributed by atoms with van der Waals surface area (Å²) in [7, 11) is 1.56. The molecule has 134 valence electrons. The highest BCUT2D eigenvalue weighted by Gasteiger charge is 2.29. The molecule has 0 fully saturated rings. The molecule has 0 bridgehead atoms. The van der Waals surface area contributed by atoms with E-state index in [4.69, 9.17) is 9.94 Å². The third kappa shape index (κ3) is 3.27. The molecule has 8 nitrogen and oxygen atoms in total. The summed E-state index contributed by atoms with van der Waals surface area (Å²) in [5.74, 6) is 0.603. The first-order valence-electron chi connectivity index (χ1n) is 7.93. The zero-order valence-electron chi connectivity index (χ0n) is 14.6. The number of hydrogen-bond acceptors (Lipinski definition) is 7. The SMILES string of the molecule is COc1ccc2c(Nc3ccc(C(C)(C)C(=O)NO)cn3)ccnc2n1. The summed E-state index contributed by atoms with van der Waals surface area (Å²) in [6.45, 7) is 3.41. The van der Waals surface area contributed by atoms with Crippen molar-refractivity contribution >= 4 is 28.4 Å². The van der Waals surface area contributed by atoms with Crippen LogP contribution < -0.4 is 15.5 Å². The lowest BCUT2D eigenvalue weighted by Crippen LogP contribution is -2.38. The first kappa shape index (κ1) is 17.6. The summed E-state index contributed by atoms with van der Waals surface area (Å²) in [6, 6.07) is 9.02. The highest BCUT2D eigenvalue weighted by molar-refractivity contribution is 5.90. The number of ether oxygens (including phenoxy) is 1. The number of amides is 1. The molecule has 0 atom stereocenters. The van der Waals surface area contributed by atoms with Crippen LogP contribution in [-0.2, 0) is 10.2 Å². The number of hydrogen-bond donors (Lipinski definition) is 3. The van der Waals surface area contributed by atoms with Crippen molar-refractivity contribution in [2.75, 3.05) is 12.4 Å². The standard InChI is InChI=1S/C18H19N5O3/c1-18(2,17(24)23-25)11-4-6-14(20-10-11)21-13-8-9-19-16-12(13)5-7-15(22-16)26-3/h4-10,25H,1-3H3,(H,23,24)(H,19,20,21,22). The van der Waals surface area contributed by atoms with Crippen molar-refractivity contribution in [1.82, 2.24) is 20.4 Å². The van der Waals surface area contributed by atoms with Gasteiger partial charge >= 0.3 is 0 Å². The van der Waals surface area contributed by atoms with Gasteiger partial charge < -0.3 is 10.1 Å². The maximum absolute atomic E-state index is 11.8. The zero-order chi connectivity index (χ0) is 18.7. The van der Waals surface area contributed by atoms with Crippen LogP contribution in [0.2, 0.25) is 0 Å². The summed E-state index contributed by atoms with van der Waals surface area (Å²) < 4.78 is 5.12. The Morgan fingerprint density at radius 1 is 1.15 bits per heavy atom. The third-order valence-electron chi connectivity index (χ3n) is 4.20. The Kier molecular flexibility index (Phi) is 4.68. The predicted molar refractivity (Wildman–Crippen MR) is 96.6 cm³/mol. The number of nitrogens with zero attached hydrogens (tertiary/aromatic N) is 3. The predicted octanol–water partition coefficient (Wildman–Crippen LogP) is 2.56. The first-order valence-corrected chi connectivity index (χ1v) is 7.93. The van der Waals surface area contributed by atoms with E-state index in [1.807, 2.05) is 12.1 Å². The van der Waals surface area contributed by atoms with Crippen molar-refractivity contribution < 1.29 is 14.7 Å². The number of rotatable bonds is 5. The van der Waals surface area contributed by atoms with E-state index in [0.29, 0.717) is 22.9 Å². The molecule has 0 aliphatic carbocycles. The van der Waals surface area contributed by atoms with E-state index in [0.717, 1.165) is 11.1 Å². The summed E-state index contributed by atoms with van der Waals surface area (Å²) in [4.78, 5) is 24.7. The van der Waals surface area contributed by atoms with E-state index in [1.165, 1.54) is 0 Å². The van der Waals surface area contributed by atoms with Crippen LogP contribution in [0.25, 0.3) is 11.0 Å². The first-order chi connectivity index (χ1) is 12.5. The fourth-order valence-corrected chi connectivity index (χ4v) is 2.48. The Bertz CT molecular complexity index is 941. The van der Waals surface area contributed by atoms with E-state index in [2.05, 4.69) is 20.3 Å². The molecule has 3 heterocycles. The number of nitrogens with one attached hydrogen (secondary N) is 2. The number of methoxy groups -OCH3 is 1. The lowest BCUT2D eigenvalue weighted by molar-refractivity contribution is -0.134. The van der Waals surface area contributed by atoms with Gasteiger partial charge in [0.25, 0.3) is 5.91 Å². The van der Waals surface area contributed by atoms with Gasteiger partial charge in [0.15, 0.2) is 5.65 Å². The Morgan fingerprint density at radius 2 is 1.96 bits per heavy atom. The van der Waals surface area contributed by atoms with Gasteiger partial charge in [0.05, 0.1) is 18.2 Å². The van der Waals surface area contributed by atoms with Gasteiger partial charge in [-0.2, -0.15) is 4.98 Å². The Morgan fingerprint density at radius 3 is 2.62 bits per heavy atom. The minimum Gasteiger partial charge on any atom is -0.481 e. The van der Waals surface area contributed by atoms with E-state index in [9.17, 15) is 4.79 Å². The Labute approximate surface area is 150 Å². The van der Waals surface area contributed by atoms with E-state index >= 15 is 0 Å². The molecule has 8 heteroatoms. The average molecular weight is 353 g/mol. The molecule has 3 aromatic rings. The number of carbonyl (C=O) groups excluding carboxylic acids is 1. The van der Waals surface area contributed by atoms with Crippen molar-refractivity contribution in [3.05, 3.63) is 48.3 Å². The molecule has 0 aromatic carbocycles. The molecular weight excluding hydrogens is 334 g/mol. The van der Waals surface area contributed by atoms with Crippen LogP contribution in [0.3, 0.4) is 0 Å². The topological polar surface area (TPSA) is 109 Å². The molecule has 26 heavy (non-hydrogen) atoms. The van der Waals surface area contributed by atoms with Gasteiger partial charge in [0.2, 0.25) is 5.88 Å². The molecule has 0 radical (unpaired) electrons. The molecule has 3 N–H and O–H groups in total. The van der Waals surface area contributed by atoms with E-state index in [1.54, 1.807) is 57.0 Å². The maximum atomic E-state index is 11.8. The van der Waals surface area contributed by atoms with Crippen molar-refractivity contribution in [3.8, 4) is 5.88 Å². The number of pyridine rings is 3. The Balaban J connectivity index is 1.88. The molecule has 1 amide bonds. The number of carbonyl (C=O) groups is 1. The van der Waals surface area contributed by atoms with E-state index < -0.39 is 11.3 Å². The van der Waals surface area contributed by atoms with Crippen LogP contribution in [-0.4, -0.2) is 33.2 Å². The third-order valence-corrected chi connectivity index (χ3v) is 4.20. The van der Waals surface area contributed by atoms with Crippen molar-refractivity contribution in [2.45, 2.75) is 19.3 Å². The molecule has 0 unspecified atom stereocenters. The minimum atomic E-state index is -0.899. The van der Waals surface area contributed by atoms with Gasteiger partial charge in [-0.05, 0) is 37.6 Å². The number of aromatic nitrogens is 3. The van der Waals surface area contributed by atoms with Gasteiger partial charge in [-0.1, -0.05) is 6.07 Å². The molecule has 0 aliphatic heterocycles. The molecule has 0 saturated heterocycles. The number of anilines is 2. The summed E-state index contributed by atoms with van der Waals surface area (Å²) in [6.07, 6.45) is 3.25.